The Bertz CT molecular complexity index is 732. The average Bonchev–Trinajstić information content (AvgIpc) is 2.84. The quantitative estimate of drug-likeness (QED) is 0.663. The molecule has 0 fully saturated rings. The van der Waals surface area contributed by atoms with Crippen LogP contribution in [-0.4, -0.2) is 9.78 Å². The summed E-state index contributed by atoms with van der Waals surface area (Å²) < 4.78 is 6.85. The lowest BCUT2D eigenvalue weighted by atomic mass is 10.2. The Morgan fingerprint density at radius 3 is 3.00 bits per heavy atom. The van der Waals surface area contributed by atoms with E-state index < -0.39 is 0 Å². The van der Waals surface area contributed by atoms with Gasteiger partial charge in [0.05, 0.1) is 5.39 Å². The number of nitrogens with zero attached hydrogens (tertiary/aromatic N) is 2. The Hall–Kier alpha value is -2.07. The normalized spacial score (nSPS) is 10.9. The highest BCUT2D eigenvalue weighted by Gasteiger charge is 2.08. The van der Waals surface area contributed by atoms with E-state index in [1.165, 1.54) is 10.9 Å². The highest BCUT2D eigenvalue weighted by Crippen LogP contribution is 2.17. The SMILES string of the molecule is O=c1c(-n2cccn2)coc2ccc(Cl)cc12. The van der Waals surface area contributed by atoms with Crippen LogP contribution in [0.4, 0.5) is 0 Å². The van der Waals surface area contributed by atoms with Gasteiger partial charge in [0.15, 0.2) is 0 Å². The molecule has 0 aliphatic carbocycles. The summed E-state index contributed by atoms with van der Waals surface area (Å²) in [5.41, 5.74) is 0.720. The lowest BCUT2D eigenvalue weighted by Crippen LogP contribution is -2.11. The maximum Gasteiger partial charge on any atom is 0.218 e. The first-order valence-corrected chi connectivity index (χ1v) is 5.34. The van der Waals surface area contributed by atoms with Crippen LogP contribution in [0.3, 0.4) is 0 Å². The molecule has 0 spiro atoms. The summed E-state index contributed by atoms with van der Waals surface area (Å²) >= 11 is 5.86. The van der Waals surface area contributed by atoms with Crippen LogP contribution in [0.2, 0.25) is 5.02 Å². The Kier molecular flexibility index (Phi) is 2.23. The molecular weight excluding hydrogens is 240 g/mol. The molecule has 5 heteroatoms. The number of rotatable bonds is 1. The van der Waals surface area contributed by atoms with Crippen molar-refractivity contribution in [1.82, 2.24) is 9.78 Å². The molecule has 3 rings (SSSR count). The Balaban J connectivity index is 2.36. The predicted octanol–water partition coefficient (Wildman–Crippen LogP) is 2.63. The van der Waals surface area contributed by atoms with E-state index in [0.29, 0.717) is 21.7 Å². The first kappa shape index (κ1) is 10.1. The number of hydrogen-bond acceptors (Lipinski definition) is 3. The fourth-order valence-electron chi connectivity index (χ4n) is 1.66. The highest BCUT2D eigenvalue weighted by atomic mass is 35.5. The monoisotopic (exact) mass is 246 g/mol. The topological polar surface area (TPSA) is 48.0 Å². The van der Waals surface area contributed by atoms with Crippen LogP contribution in [0.5, 0.6) is 0 Å². The van der Waals surface area contributed by atoms with E-state index in [1.54, 1.807) is 36.7 Å². The molecule has 0 saturated heterocycles. The van der Waals surface area contributed by atoms with E-state index in [1.807, 2.05) is 0 Å². The highest BCUT2D eigenvalue weighted by molar-refractivity contribution is 6.31. The molecule has 0 amide bonds. The molecule has 84 valence electrons. The third-order valence-electron chi connectivity index (χ3n) is 2.47. The van der Waals surface area contributed by atoms with Crippen molar-refractivity contribution in [2.75, 3.05) is 0 Å². The molecule has 0 saturated carbocycles. The first-order valence-electron chi connectivity index (χ1n) is 4.97. The second kappa shape index (κ2) is 3.75. The molecular formula is C12H7ClN2O2. The van der Waals surface area contributed by atoms with Crippen LogP contribution in [0.15, 0.2) is 52.1 Å². The van der Waals surface area contributed by atoms with E-state index in [2.05, 4.69) is 5.10 Å². The van der Waals surface area contributed by atoms with E-state index >= 15 is 0 Å². The van der Waals surface area contributed by atoms with Gasteiger partial charge in [0.1, 0.15) is 17.5 Å². The van der Waals surface area contributed by atoms with Crippen LogP contribution in [0.25, 0.3) is 16.7 Å². The summed E-state index contributed by atoms with van der Waals surface area (Å²) in [5, 5.41) is 4.95. The molecule has 0 aliphatic heterocycles. The Morgan fingerprint density at radius 2 is 2.24 bits per heavy atom. The summed E-state index contributed by atoms with van der Waals surface area (Å²) in [6.45, 7) is 0. The zero-order chi connectivity index (χ0) is 11.8. The third-order valence-corrected chi connectivity index (χ3v) is 2.70. The summed E-state index contributed by atoms with van der Waals surface area (Å²) in [7, 11) is 0. The standard InChI is InChI=1S/C12H7ClN2O2/c13-8-2-3-11-9(6-8)12(16)10(7-17-11)15-5-1-4-14-15/h1-7H. The fourth-order valence-corrected chi connectivity index (χ4v) is 1.83. The molecule has 0 aliphatic rings. The lowest BCUT2D eigenvalue weighted by molar-refractivity contribution is 0.593. The van der Waals surface area contributed by atoms with Gasteiger partial charge in [-0.15, -0.1) is 0 Å². The van der Waals surface area contributed by atoms with Crippen molar-refractivity contribution < 1.29 is 4.42 Å². The minimum Gasteiger partial charge on any atom is -0.462 e. The molecule has 2 heterocycles. The van der Waals surface area contributed by atoms with Crippen molar-refractivity contribution in [1.29, 1.82) is 0 Å². The molecule has 4 nitrogen and oxygen atoms in total. The van der Waals surface area contributed by atoms with Crippen molar-refractivity contribution in [2.45, 2.75) is 0 Å². The third kappa shape index (κ3) is 1.62. The van der Waals surface area contributed by atoms with Crippen LogP contribution in [0.1, 0.15) is 0 Å². The average molecular weight is 247 g/mol. The van der Waals surface area contributed by atoms with Gasteiger partial charge in [-0.25, -0.2) is 4.68 Å². The van der Waals surface area contributed by atoms with E-state index in [9.17, 15) is 4.79 Å². The maximum atomic E-state index is 12.2. The Labute approximate surface area is 101 Å². The number of benzene rings is 1. The first-order chi connectivity index (χ1) is 8.25. The minimum absolute atomic E-state index is 0.155. The second-order valence-corrected chi connectivity index (χ2v) is 3.98. The van der Waals surface area contributed by atoms with Crippen LogP contribution in [0, 0.1) is 0 Å². The molecule has 0 atom stereocenters. The minimum atomic E-state index is -0.155. The van der Waals surface area contributed by atoms with Crippen molar-refractivity contribution in [3.63, 3.8) is 0 Å². The van der Waals surface area contributed by atoms with Crippen molar-refractivity contribution >= 4 is 22.6 Å². The number of halogens is 1. The molecule has 17 heavy (non-hydrogen) atoms. The van der Waals surface area contributed by atoms with Gasteiger partial charge < -0.3 is 4.42 Å². The number of aromatic nitrogens is 2. The van der Waals surface area contributed by atoms with Gasteiger partial charge in [-0.05, 0) is 24.3 Å². The summed E-state index contributed by atoms with van der Waals surface area (Å²) in [5.74, 6) is 0. The zero-order valence-corrected chi connectivity index (χ0v) is 9.39. The Morgan fingerprint density at radius 1 is 1.35 bits per heavy atom. The van der Waals surface area contributed by atoms with Crippen molar-refractivity contribution in [2.24, 2.45) is 0 Å². The van der Waals surface area contributed by atoms with Crippen LogP contribution >= 0.6 is 11.6 Å². The molecule has 3 aromatic rings. The second-order valence-electron chi connectivity index (χ2n) is 3.54. The van der Waals surface area contributed by atoms with Gasteiger partial charge in [0.2, 0.25) is 5.43 Å². The van der Waals surface area contributed by atoms with E-state index in [0.717, 1.165) is 0 Å². The summed E-state index contributed by atoms with van der Waals surface area (Å²) in [4.78, 5) is 12.2. The van der Waals surface area contributed by atoms with Gasteiger partial charge in [-0.3, -0.25) is 4.79 Å². The van der Waals surface area contributed by atoms with Gasteiger partial charge in [0, 0.05) is 17.4 Å². The van der Waals surface area contributed by atoms with E-state index in [4.69, 9.17) is 16.0 Å². The predicted molar refractivity (Wildman–Crippen MR) is 64.6 cm³/mol. The van der Waals surface area contributed by atoms with Crippen molar-refractivity contribution in [3.8, 4) is 5.69 Å². The lowest BCUT2D eigenvalue weighted by Gasteiger charge is -2.02. The van der Waals surface area contributed by atoms with Gasteiger partial charge in [-0.1, -0.05) is 11.6 Å². The van der Waals surface area contributed by atoms with E-state index in [-0.39, 0.29) is 5.43 Å². The van der Waals surface area contributed by atoms with Crippen LogP contribution in [-0.2, 0) is 0 Å². The molecule has 0 unspecified atom stereocenters. The molecule has 2 aromatic heterocycles. The smallest absolute Gasteiger partial charge is 0.218 e. The van der Waals surface area contributed by atoms with Gasteiger partial charge in [0.25, 0.3) is 0 Å². The maximum absolute atomic E-state index is 12.2. The molecule has 0 bridgehead atoms. The number of hydrogen-bond donors (Lipinski definition) is 0. The zero-order valence-electron chi connectivity index (χ0n) is 8.63. The number of fused-ring (bicyclic) bond motifs is 1. The molecule has 0 radical (unpaired) electrons. The summed E-state index contributed by atoms with van der Waals surface area (Å²) in [6, 6.07) is 6.68. The van der Waals surface area contributed by atoms with Gasteiger partial charge >= 0.3 is 0 Å². The molecule has 0 N–H and O–H groups in total. The molecule has 1 aromatic carbocycles. The summed E-state index contributed by atoms with van der Waals surface area (Å²) in [6.07, 6.45) is 4.68. The van der Waals surface area contributed by atoms with Crippen molar-refractivity contribution in [3.05, 3.63) is 58.2 Å². The largest absolute Gasteiger partial charge is 0.462 e. The van der Waals surface area contributed by atoms with Crippen LogP contribution < -0.4 is 5.43 Å². The fraction of sp³-hybridized carbons (Fsp3) is 0. The van der Waals surface area contributed by atoms with Gasteiger partial charge in [-0.2, -0.15) is 5.10 Å².